The van der Waals surface area contributed by atoms with E-state index in [2.05, 4.69) is 5.32 Å². The molecule has 0 saturated heterocycles. The monoisotopic (exact) mass is 225 g/mol. The lowest BCUT2D eigenvalue weighted by molar-refractivity contribution is 0.0886. The minimum absolute atomic E-state index is 0.0358. The molecular weight excluding hydrogens is 206 g/mol. The van der Waals surface area contributed by atoms with Crippen molar-refractivity contribution in [3.63, 3.8) is 0 Å². The Hall–Kier alpha value is -1.49. The highest BCUT2D eigenvalue weighted by Gasteiger charge is 2.14. The summed E-state index contributed by atoms with van der Waals surface area (Å²) in [5.74, 6) is -0.122. The molecule has 1 amide bonds. The van der Waals surface area contributed by atoms with Gasteiger partial charge in [0.25, 0.3) is 5.91 Å². The second kappa shape index (κ2) is 5.55. The third-order valence-corrected chi connectivity index (χ3v) is 2.45. The van der Waals surface area contributed by atoms with Crippen molar-refractivity contribution in [2.45, 2.75) is 19.4 Å². The van der Waals surface area contributed by atoms with Gasteiger partial charge in [-0.25, -0.2) is 0 Å². The summed E-state index contributed by atoms with van der Waals surface area (Å²) in [6.45, 7) is 2.52. The molecule has 90 valence electrons. The number of carbonyl (C=O) groups excluding carboxylic acids is 1. The standard InChI is InChI=1S/C11H19N3O2/c1-4-9(7-16-3)13-11(15)10-5-8(12)6-14(10)2/h5-6,9H,4,7,12H2,1-3H3,(H,13,15). The Morgan fingerprint density at radius 2 is 2.38 bits per heavy atom. The quantitative estimate of drug-likeness (QED) is 0.777. The second-order valence-corrected chi connectivity index (χ2v) is 3.80. The minimum atomic E-state index is -0.122. The highest BCUT2D eigenvalue weighted by molar-refractivity contribution is 5.93. The van der Waals surface area contributed by atoms with Crippen LogP contribution in [0.3, 0.4) is 0 Å². The van der Waals surface area contributed by atoms with Crippen molar-refractivity contribution in [3.8, 4) is 0 Å². The van der Waals surface area contributed by atoms with Crippen molar-refractivity contribution in [1.29, 1.82) is 0 Å². The Kier molecular flexibility index (Phi) is 4.37. The zero-order valence-corrected chi connectivity index (χ0v) is 9.99. The molecule has 1 atom stereocenters. The van der Waals surface area contributed by atoms with Gasteiger partial charge in [0.05, 0.1) is 18.3 Å². The number of carbonyl (C=O) groups is 1. The molecule has 0 aliphatic rings. The molecule has 5 nitrogen and oxygen atoms in total. The Morgan fingerprint density at radius 1 is 1.69 bits per heavy atom. The molecule has 1 unspecified atom stereocenters. The van der Waals surface area contributed by atoms with E-state index in [0.29, 0.717) is 18.0 Å². The number of methoxy groups -OCH3 is 1. The number of rotatable bonds is 5. The fourth-order valence-electron chi connectivity index (χ4n) is 1.54. The molecule has 0 aliphatic carbocycles. The maximum Gasteiger partial charge on any atom is 0.268 e. The normalized spacial score (nSPS) is 12.4. The van der Waals surface area contributed by atoms with Gasteiger partial charge in [-0.1, -0.05) is 6.92 Å². The van der Waals surface area contributed by atoms with Crippen LogP contribution in [0.2, 0.25) is 0 Å². The van der Waals surface area contributed by atoms with E-state index in [4.69, 9.17) is 10.5 Å². The number of anilines is 1. The minimum Gasteiger partial charge on any atom is -0.397 e. The lowest BCUT2D eigenvalue weighted by Gasteiger charge is -2.15. The second-order valence-electron chi connectivity index (χ2n) is 3.80. The summed E-state index contributed by atoms with van der Waals surface area (Å²) in [6, 6.07) is 1.70. The molecule has 1 rings (SSSR count). The lowest BCUT2D eigenvalue weighted by Crippen LogP contribution is -2.38. The predicted octanol–water partition coefficient (Wildman–Crippen LogP) is 0.762. The van der Waals surface area contributed by atoms with Crippen LogP contribution in [0.25, 0.3) is 0 Å². The fraction of sp³-hybridized carbons (Fsp3) is 0.545. The molecule has 0 aliphatic heterocycles. The molecule has 0 saturated carbocycles. The van der Waals surface area contributed by atoms with E-state index < -0.39 is 0 Å². The van der Waals surface area contributed by atoms with Crippen molar-refractivity contribution < 1.29 is 9.53 Å². The SMILES string of the molecule is CCC(COC)NC(=O)c1cc(N)cn1C. The summed E-state index contributed by atoms with van der Waals surface area (Å²) in [7, 11) is 3.41. The van der Waals surface area contributed by atoms with E-state index >= 15 is 0 Å². The van der Waals surface area contributed by atoms with Gasteiger partial charge in [0, 0.05) is 20.4 Å². The van der Waals surface area contributed by atoms with E-state index in [9.17, 15) is 4.79 Å². The first-order valence-corrected chi connectivity index (χ1v) is 5.30. The van der Waals surface area contributed by atoms with Crippen LogP contribution in [0.15, 0.2) is 12.3 Å². The van der Waals surface area contributed by atoms with Gasteiger partial charge in [-0.15, -0.1) is 0 Å². The van der Waals surface area contributed by atoms with Crippen LogP contribution < -0.4 is 11.1 Å². The first-order valence-electron chi connectivity index (χ1n) is 5.30. The van der Waals surface area contributed by atoms with Gasteiger partial charge in [0.15, 0.2) is 0 Å². The number of hydrogen-bond donors (Lipinski definition) is 2. The molecule has 3 N–H and O–H groups in total. The molecule has 5 heteroatoms. The van der Waals surface area contributed by atoms with Crippen molar-refractivity contribution in [2.75, 3.05) is 19.5 Å². The van der Waals surface area contributed by atoms with Gasteiger partial charge in [-0.2, -0.15) is 0 Å². The number of aryl methyl sites for hydroxylation is 1. The van der Waals surface area contributed by atoms with Crippen molar-refractivity contribution >= 4 is 11.6 Å². The smallest absolute Gasteiger partial charge is 0.268 e. The number of hydrogen-bond acceptors (Lipinski definition) is 3. The average Bonchev–Trinajstić information content (AvgIpc) is 2.57. The highest BCUT2D eigenvalue weighted by atomic mass is 16.5. The van der Waals surface area contributed by atoms with Crippen LogP contribution in [0.1, 0.15) is 23.8 Å². The summed E-state index contributed by atoms with van der Waals surface area (Å²) in [4.78, 5) is 11.9. The molecule has 0 aromatic carbocycles. The Labute approximate surface area is 95.6 Å². The summed E-state index contributed by atoms with van der Waals surface area (Å²) < 4.78 is 6.73. The van der Waals surface area contributed by atoms with E-state index in [0.717, 1.165) is 6.42 Å². The van der Waals surface area contributed by atoms with Gasteiger partial charge in [-0.05, 0) is 12.5 Å². The lowest BCUT2D eigenvalue weighted by atomic mass is 10.2. The molecule has 0 fully saturated rings. The summed E-state index contributed by atoms with van der Waals surface area (Å²) in [5, 5.41) is 2.90. The van der Waals surface area contributed by atoms with Crippen LogP contribution in [-0.2, 0) is 11.8 Å². The van der Waals surface area contributed by atoms with Gasteiger partial charge in [-0.3, -0.25) is 4.79 Å². The fourth-order valence-corrected chi connectivity index (χ4v) is 1.54. The Morgan fingerprint density at radius 3 is 2.81 bits per heavy atom. The van der Waals surface area contributed by atoms with Crippen LogP contribution >= 0.6 is 0 Å². The number of nitrogens with zero attached hydrogens (tertiary/aromatic N) is 1. The zero-order chi connectivity index (χ0) is 12.1. The number of nitrogens with one attached hydrogen (secondary N) is 1. The van der Waals surface area contributed by atoms with Gasteiger partial charge in [0.2, 0.25) is 0 Å². The molecule has 16 heavy (non-hydrogen) atoms. The maximum atomic E-state index is 11.9. The molecule has 0 spiro atoms. The van der Waals surface area contributed by atoms with E-state index in [1.54, 1.807) is 31.0 Å². The number of nitrogen functional groups attached to an aromatic ring is 1. The van der Waals surface area contributed by atoms with Crippen LogP contribution in [0.4, 0.5) is 5.69 Å². The highest BCUT2D eigenvalue weighted by Crippen LogP contribution is 2.08. The van der Waals surface area contributed by atoms with Crippen molar-refractivity contribution in [1.82, 2.24) is 9.88 Å². The predicted molar refractivity (Wildman–Crippen MR) is 63.2 cm³/mol. The molecule has 0 radical (unpaired) electrons. The number of aromatic nitrogens is 1. The first kappa shape index (κ1) is 12.6. The molecule has 1 aromatic rings. The summed E-state index contributed by atoms with van der Waals surface area (Å²) in [6.07, 6.45) is 2.55. The Balaban J connectivity index is 2.67. The molecule has 1 heterocycles. The van der Waals surface area contributed by atoms with Crippen LogP contribution in [0.5, 0.6) is 0 Å². The Bertz CT molecular complexity index is 360. The van der Waals surface area contributed by atoms with Gasteiger partial charge >= 0.3 is 0 Å². The van der Waals surface area contributed by atoms with Gasteiger partial charge < -0.3 is 20.4 Å². The number of nitrogens with two attached hydrogens (primary N) is 1. The van der Waals surface area contributed by atoms with Crippen molar-refractivity contribution in [3.05, 3.63) is 18.0 Å². The van der Waals surface area contributed by atoms with Gasteiger partial charge in [0.1, 0.15) is 5.69 Å². The molecule has 1 aromatic heterocycles. The third-order valence-electron chi connectivity index (χ3n) is 2.45. The number of ether oxygens (including phenoxy) is 1. The third kappa shape index (κ3) is 3.00. The average molecular weight is 225 g/mol. The molecule has 0 bridgehead atoms. The van der Waals surface area contributed by atoms with Crippen molar-refractivity contribution in [2.24, 2.45) is 7.05 Å². The molecular formula is C11H19N3O2. The van der Waals surface area contributed by atoms with Crippen LogP contribution in [-0.4, -0.2) is 30.2 Å². The zero-order valence-electron chi connectivity index (χ0n) is 9.99. The van der Waals surface area contributed by atoms with E-state index in [1.807, 2.05) is 6.92 Å². The number of amides is 1. The van der Waals surface area contributed by atoms with E-state index in [-0.39, 0.29) is 11.9 Å². The maximum absolute atomic E-state index is 11.9. The topological polar surface area (TPSA) is 69.3 Å². The van der Waals surface area contributed by atoms with E-state index in [1.165, 1.54) is 0 Å². The first-order chi connectivity index (χ1) is 7.58. The largest absolute Gasteiger partial charge is 0.397 e. The summed E-state index contributed by atoms with van der Waals surface area (Å²) in [5.41, 5.74) is 6.77. The summed E-state index contributed by atoms with van der Waals surface area (Å²) >= 11 is 0. The van der Waals surface area contributed by atoms with Crippen LogP contribution in [0, 0.1) is 0 Å².